The molecule has 0 unspecified atom stereocenters. The highest BCUT2D eigenvalue weighted by Gasteiger charge is 2.12. The van der Waals surface area contributed by atoms with Crippen LogP contribution in [0.4, 0.5) is 5.69 Å². The van der Waals surface area contributed by atoms with Crippen LogP contribution in [0.3, 0.4) is 0 Å². The maximum Gasteiger partial charge on any atom is 0.234 e. The molecule has 0 atom stereocenters. The third-order valence-corrected chi connectivity index (χ3v) is 5.50. The number of aryl methyl sites for hydroxylation is 1. The predicted molar refractivity (Wildman–Crippen MR) is 117 cm³/mol. The number of hydrogen-bond acceptors (Lipinski definition) is 6. The first-order chi connectivity index (χ1) is 14.1. The zero-order chi connectivity index (χ0) is 20.8. The van der Waals surface area contributed by atoms with Crippen molar-refractivity contribution in [2.75, 3.05) is 32.4 Å². The topological polar surface area (TPSA) is 69.7 Å². The van der Waals surface area contributed by atoms with Crippen LogP contribution >= 0.6 is 11.8 Å². The summed E-state index contributed by atoms with van der Waals surface area (Å²) in [4.78, 5) is 17.2. The van der Waals surface area contributed by atoms with Crippen molar-refractivity contribution in [3.05, 3.63) is 48.0 Å². The number of aromatic nitrogens is 1. The monoisotopic (exact) mass is 412 g/mol. The second-order valence-corrected chi connectivity index (χ2v) is 7.23. The molecular weight excluding hydrogens is 388 g/mol. The Balaban J connectivity index is 1.73. The molecule has 3 rings (SSSR count). The maximum absolute atomic E-state index is 12.5. The molecule has 0 aliphatic carbocycles. The average Bonchev–Trinajstić information content (AvgIpc) is 2.76. The lowest BCUT2D eigenvalue weighted by Gasteiger charge is -2.12. The van der Waals surface area contributed by atoms with Crippen molar-refractivity contribution in [3.8, 4) is 17.2 Å². The molecule has 0 aliphatic heterocycles. The normalized spacial score (nSPS) is 10.6. The van der Waals surface area contributed by atoms with Gasteiger partial charge < -0.3 is 19.5 Å². The van der Waals surface area contributed by atoms with Crippen LogP contribution < -0.4 is 19.5 Å². The minimum Gasteiger partial charge on any atom is -0.497 e. The summed E-state index contributed by atoms with van der Waals surface area (Å²) in [5.74, 6) is 2.14. The number of carbonyl (C=O) groups is 1. The van der Waals surface area contributed by atoms with Crippen molar-refractivity contribution in [2.24, 2.45) is 0 Å². The molecule has 0 aliphatic rings. The van der Waals surface area contributed by atoms with E-state index in [2.05, 4.69) is 18.3 Å². The van der Waals surface area contributed by atoms with Crippen LogP contribution in [0.1, 0.15) is 12.5 Å². The SMILES string of the molecule is CCc1cc2cc(OC)ccc2nc1SCC(=O)Nc1ccc(OC)cc1OC. The summed E-state index contributed by atoms with van der Waals surface area (Å²) in [7, 11) is 4.79. The number of hydrogen-bond donors (Lipinski definition) is 1. The van der Waals surface area contributed by atoms with E-state index in [1.807, 2.05) is 18.2 Å². The fourth-order valence-corrected chi connectivity index (χ4v) is 3.80. The Morgan fingerprint density at radius 1 is 1.00 bits per heavy atom. The molecule has 29 heavy (non-hydrogen) atoms. The third kappa shape index (κ3) is 4.92. The van der Waals surface area contributed by atoms with Crippen molar-refractivity contribution in [1.82, 2.24) is 4.98 Å². The molecule has 1 aromatic heterocycles. The highest BCUT2D eigenvalue weighted by atomic mass is 32.2. The predicted octanol–water partition coefficient (Wildman–Crippen LogP) is 4.55. The Labute approximate surface area is 174 Å². The first-order valence-corrected chi connectivity index (χ1v) is 10.2. The zero-order valence-corrected chi connectivity index (χ0v) is 17.8. The molecule has 0 bridgehead atoms. The number of nitrogens with one attached hydrogen (secondary N) is 1. The van der Waals surface area contributed by atoms with Gasteiger partial charge in [-0.25, -0.2) is 4.98 Å². The van der Waals surface area contributed by atoms with Gasteiger partial charge in [-0.05, 0) is 48.4 Å². The third-order valence-electron chi connectivity index (χ3n) is 4.46. The summed E-state index contributed by atoms with van der Waals surface area (Å²) in [6.45, 7) is 2.08. The second-order valence-electron chi connectivity index (χ2n) is 6.27. The molecule has 152 valence electrons. The van der Waals surface area contributed by atoms with Crippen LogP contribution in [0.25, 0.3) is 10.9 Å². The standard InChI is InChI=1S/C22H24N2O4S/c1-5-14-10-15-11-16(26-2)6-8-18(15)24-22(14)29-13-21(25)23-19-9-7-17(27-3)12-20(19)28-4/h6-12H,5,13H2,1-4H3,(H,23,25). The van der Waals surface area contributed by atoms with Crippen molar-refractivity contribution in [2.45, 2.75) is 18.4 Å². The summed E-state index contributed by atoms with van der Waals surface area (Å²) in [6.07, 6.45) is 0.830. The van der Waals surface area contributed by atoms with Gasteiger partial charge in [0, 0.05) is 11.5 Å². The van der Waals surface area contributed by atoms with E-state index in [9.17, 15) is 4.79 Å². The molecule has 1 heterocycles. The number of nitrogens with zero attached hydrogens (tertiary/aromatic N) is 1. The highest BCUT2D eigenvalue weighted by molar-refractivity contribution is 8.00. The highest BCUT2D eigenvalue weighted by Crippen LogP contribution is 2.30. The quantitative estimate of drug-likeness (QED) is 0.547. The molecule has 1 amide bonds. The molecule has 6 nitrogen and oxygen atoms in total. The van der Waals surface area contributed by atoms with Gasteiger partial charge in [-0.1, -0.05) is 18.7 Å². The van der Waals surface area contributed by atoms with Gasteiger partial charge in [-0.15, -0.1) is 0 Å². The van der Waals surface area contributed by atoms with E-state index in [0.717, 1.165) is 33.7 Å². The summed E-state index contributed by atoms with van der Waals surface area (Å²) >= 11 is 1.42. The van der Waals surface area contributed by atoms with E-state index in [1.165, 1.54) is 11.8 Å². The van der Waals surface area contributed by atoms with E-state index in [-0.39, 0.29) is 11.7 Å². The lowest BCUT2D eigenvalue weighted by Crippen LogP contribution is -2.15. The number of pyridine rings is 1. The van der Waals surface area contributed by atoms with Crippen LogP contribution in [-0.2, 0) is 11.2 Å². The molecule has 0 saturated carbocycles. The smallest absolute Gasteiger partial charge is 0.234 e. The van der Waals surface area contributed by atoms with Crippen molar-refractivity contribution >= 4 is 34.3 Å². The van der Waals surface area contributed by atoms with Gasteiger partial charge in [0.2, 0.25) is 5.91 Å². The average molecular weight is 413 g/mol. The molecule has 2 aromatic carbocycles. The molecule has 0 saturated heterocycles. The summed E-state index contributed by atoms with van der Waals surface area (Å²) in [6, 6.07) is 13.2. The Hall–Kier alpha value is -2.93. The lowest BCUT2D eigenvalue weighted by atomic mass is 10.1. The molecule has 0 fully saturated rings. The minimum atomic E-state index is -0.128. The van der Waals surface area contributed by atoms with Crippen LogP contribution in [0.15, 0.2) is 47.5 Å². The molecule has 1 N–H and O–H groups in total. The Bertz CT molecular complexity index is 1020. The maximum atomic E-state index is 12.5. The molecule has 3 aromatic rings. The number of ether oxygens (including phenoxy) is 3. The lowest BCUT2D eigenvalue weighted by molar-refractivity contribution is -0.113. The summed E-state index contributed by atoms with van der Waals surface area (Å²) in [5.41, 5.74) is 2.58. The fraction of sp³-hybridized carbons (Fsp3) is 0.273. The van der Waals surface area contributed by atoms with Gasteiger partial charge in [-0.3, -0.25) is 4.79 Å². The van der Waals surface area contributed by atoms with Gasteiger partial charge in [0.25, 0.3) is 0 Å². The van der Waals surface area contributed by atoms with Gasteiger partial charge in [0.1, 0.15) is 22.3 Å². The van der Waals surface area contributed by atoms with Gasteiger partial charge >= 0.3 is 0 Å². The van der Waals surface area contributed by atoms with Crippen LogP contribution in [0, 0.1) is 0 Å². The van der Waals surface area contributed by atoms with E-state index in [1.54, 1.807) is 39.5 Å². The van der Waals surface area contributed by atoms with Crippen molar-refractivity contribution in [1.29, 1.82) is 0 Å². The number of anilines is 1. The number of fused-ring (bicyclic) bond motifs is 1. The summed E-state index contributed by atoms with van der Waals surface area (Å²) in [5, 5.41) is 4.78. The first kappa shape index (κ1) is 20.8. The fourth-order valence-electron chi connectivity index (χ4n) is 2.91. The zero-order valence-electron chi connectivity index (χ0n) is 16.9. The minimum absolute atomic E-state index is 0.128. The molecule has 0 radical (unpaired) electrons. The van der Waals surface area contributed by atoms with Crippen molar-refractivity contribution in [3.63, 3.8) is 0 Å². The van der Waals surface area contributed by atoms with E-state index in [0.29, 0.717) is 17.2 Å². The molecule has 7 heteroatoms. The van der Waals surface area contributed by atoms with E-state index in [4.69, 9.17) is 19.2 Å². The largest absolute Gasteiger partial charge is 0.497 e. The number of carbonyl (C=O) groups excluding carboxylic acids is 1. The molecule has 0 spiro atoms. The Kier molecular flexibility index (Phi) is 6.82. The molecular formula is C22H24N2O4S. The Morgan fingerprint density at radius 3 is 2.41 bits per heavy atom. The van der Waals surface area contributed by atoms with Crippen LogP contribution in [-0.4, -0.2) is 38.0 Å². The number of methoxy groups -OCH3 is 3. The number of rotatable bonds is 8. The first-order valence-electron chi connectivity index (χ1n) is 9.20. The van der Waals surface area contributed by atoms with Crippen LogP contribution in [0.2, 0.25) is 0 Å². The number of benzene rings is 2. The number of amides is 1. The van der Waals surface area contributed by atoms with Crippen LogP contribution in [0.5, 0.6) is 17.2 Å². The summed E-state index contributed by atoms with van der Waals surface area (Å²) < 4.78 is 15.8. The second kappa shape index (κ2) is 9.52. The Morgan fingerprint density at radius 2 is 1.72 bits per heavy atom. The van der Waals surface area contributed by atoms with E-state index < -0.39 is 0 Å². The van der Waals surface area contributed by atoms with Gasteiger partial charge in [0.15, 0.2) is 0 Å². The number of thioether (sulfide) groups is 1. The van der Waals surface area contributed by atoms with E-state index >= 15 is 0 Å². The van der Waals surface area contributed by atoms with Crippen molar-refractivity contribution < 1.29 is 19.0 Å². The van der Waals surface area contributed by atoms with Gasteiger partial charge in [-0.2, -0.15) is 0 Å². The van der Waals surface area contributed by atoms with Gasteiger partial charge in [0.05, 0.1) is 38.3 Å².